The maximum absolute atomic E-state index is 12.2. The molecule has 104 valence electrons. The van der Waals surface area contributed by atoms with Crippen LogP contribution in [0.25, 0.3) is 0 Å². The summed E-state index contributed by atoms with van der Waals surface area (Å²) < 4.78 is 10.9. The Morgan fingerprint density at radius 3 is 2.79 bits per heavy atom. The van der Waals surface area contributed by atoms with Gasteiger partial charge in [0.15, 0.2) is 0 Å². The second kappa shape index (κ2) is 6.57. The van der Waals surface area contributed by atoms with E-state index in [4.69, 9.17) is 9.47 Å². The molecule has 0 aliphatic carbocycles. The minimum absolute atomic E-state index is 0.107. The molecule has 1 saturated heterocycles. The van der Waals surface area contributed by atoms with Gasteiger partial charge in [0.1, 0.15) is 12.0 Å². The third-order valence-electron chi connectivity index (χ3n) is 3.25. The molecule has 0 aromatic heterocycles. The molecule has 19 heavy (non-hydrogen) atoms. The van der Waals surface area contributed by atoms with Crippen molar-refractivity contribution in [2.45, 2.75) is 32.9 Å². The highest BCUT2D eigenvalue weighted by atomic mass is 16.5. The Kier molecular flexibility index (Phi) is 4.80. The van der Waals surface area contributed by atoms with E-state index in [2.05, 4.69) is 0 Å². The van der Waals surface area contributed by atoms with Crippen LogP contribution in [0, 0.1) is 0 Å². The SMILES string of the molecule is CCOc1ccc(CC(=O)N2CCCOC2C)cc1. The van der Waals surface area contributed by atoms with Gasteiger partial charge in [-0.15, -0.1) is 0 Å². The summed E-state index contributed by atoms with van der Waals surface area (Å²) in [6.45, 7) is 6.07. The Hall–Kier alpha value is -1.55. The molecule has 1 atom stereocenters. The Morgan fingerprint density at radius 1 is 1.42 bits per heavy atom. The van der Waals surface area contributed by atoms with Crippen LogP contribution in [-0.2, 0) is 16.0 Å². The molecule has 2 rings (SSSR count). The molecule has 4 nitrogen and oxygen atoms in total. The highest BCUT2D eigenvalue weighted by molar-refractivity contribution is 5.79. The fourth-order valence-electron chi connectivity index (χ4n) is 2.23. The first-order valence-electron chi connectivity index (χ1n) is 6.83. The van der Waals surface area contributed by atoms with Crippen molar-refractivity contribution in [2.75, 3.05) is 19.8 Å². The number of nitrogens with zero attached hydrogens (tertiary/aromatic N) is 1. The lowest BCUT2D eigenvalue weighted by molar-refractivity contribution is -0.151. The molecule has 1 fully saturated rings. The van der Waals surface area contributed by atoms with Crippen LogP contribution in [-0.4, -0.2) is 36.8 Å². The molecule has 0 radical (unpaired) electrons. The van der Waals surface area contributed by atoms with Gasteiger partial charge in [0.05, 0.1) is 19.6 Å². The predicted octanol–water partition coefficient (Wildman–Crippen LogP) is 2.22. The molecule has 1 aliphatic heterocycles. The van der Waals surface area contributed by atoms with Crippen molar-refractivity contribution in [3.63, 3.8) is 0 Å². The second-order valence-electron chi connectivity index (χ2n) is 4.66. The van der Waals surface area contributed by atoms with Gasteiger partial charge in [0.25, 0.3) is 0 Å². The normalized spacial score (nSPS) is 19.3. The first-order chi connectivity index (χ1) is 9.20. The van der Waals surface area contributed by atoms with Gasteiger partial charge in [-0.2, -0.15) is 0 Å². The molecule has 1 aromatic rings. The van der Waals surface area contributed by atoms with E-state index < -0.39 is 0 Å². The zero-order valence-electron chi connectivity index (χ0n) is 11.6. The number of hydrogen-bond donors (Lipinski definition) is 0. The van der Waals surface area contributed by atoms with E-state index in [1.54, 1.807) is 4.90 Å². The molecule has 0 N–H and O–H groups in total. The average Bonchev–Trinajstić information content (AvgIpc) is 2.42. The summed E-state index contributed by atoms with van der Waals surface area (Å²) in [6.07, 6.45) is 1.23. The summed E-state index contributed by atoms with van der Waals surface area (Å²) in [4.78, 5) is 14.0. The summed E-state index contributed by atoms with van der Waals surface area (Å²) in [5.74, 6) is 0.963. The van der Waals surface area contributed by atoms with Crippen LogP contribution in [0.3, 0.4) is 0 Å². The summed E-state index contributed by atoms with van der Waals surface area (Å²) in [5.41, 5.74) is 1.01. The van der Waals surface area contributed by atoms with Crippen molar-refractivity contribution in [1.82, 2.24) is 4.90 Å². The van der Waals surface area contributed by atoms with Crippen LogP contribution in [0.1, 0.15) is 25.8 Å². The van der Waals surface area contributed by atoms with E-state index in [0.717, 1.165) is 30.9 Å². The molecule has 0 bridgehead atoms. The average molecular weight is 263 g/mol. The number of benzene rings is 1. The largest absolute Gasteiger partial charge is 0.494 e. The highest BCUT2D eigenvalue weighted by Crippen LogP contribution is 2.15. The van der Waals surface area contributed by atoms with Crippen LogP contribution >= 0.6 is 0 Å². The molecular formula is C15H21NO3. The summed E-state index contributed by atoms with van der Waals surface area (Å²) in [5, 5.41) is 0. The smallest absolute Gasteiger partial charge is 0.229 e. The zero-order valence-corrected chi connectivity index (χ0v) is 11.6. The quantitative estimate of drug-likeness (QED) is 0.836. The van der Waals surface area contributed by atoms with Crippen molar-refractivity contribution < 1.29 is 14.3 Å². The number of carbonyl (C=O) groups is 1. The lowest BCUT2D eigenvalue weighted by Gasteiger charge is -2.33. The van der Waals surface area contributed by atoms with Gasteiger partial charge in [0.2, 0.25) is 5.91 Å². The predicted molar refractivity (Wildman–Crippen MR) is 73.1 cm³/mol. The van der Waals surface area contributed by atoms with Crippen LogP contribution in [0.5, 0.6) is 5.75 Å². The van der Waals surface area contributed by atoms with E-state index in [-0.39, 0.29) is 12.1 Å². The van der Waals surface area contributed by atoms with Crippen LogP contribution in [0.4, 0.5) is 0 Å². The number of rotatable bonds is 4. The summed E-state index contributed by atoms with van der Waals surface area (Å²) in [7, 11) is 0. The number of carbonyl (C=O) groups excluding carboxylic acids is 1. The standard InChI is InChI=1S/C15H21NO3/c1-3-18-14-7-5-13(6-8-14)11-15(17)16-9-4-10-19-12(16)2/h5-8,12H,3-4,9-11H2,1-2H3. The first kappa shape index (κ1) is 13.9. The second-order valence-corrected chi connectivity index (χ2v) is 4.66. The third kappa shape index (κ3) is 3.70. The fourth-order valence-corrected chi connectivity index (χ4v) is 2.23. The first-order valence-corrected chi connectivity index (χ1v) is 6.83. The third-order valence-corrected chi connectivity index (χ3v) is 3.25. The van der Waals surface area contributed by atoms with E-state index in [1.165, 1.54) is 0 Å². The van der Waals surface area contributed by atoms with Gasteiger partial charge in [-0.25, -0.2) is 0 Å². The Labute approximate surface area is 114 Å². The molecule has 1 amide bonds. The van der Waals surface area contributed by atoms with E-state index in [1.807, 2.05) is 38.1 Å². The van der Waals surface area contributed by atoms with Crippen molar-refractivity contribution >= 4 is 5.91 Å². The van der Waals surface area contributed by atoms with Crippen LogP contribution in [0.2, 0.25) is 0 Å². The van der Waals surface area contributed by atoms with Crippen molar-refractivity contribution in [1.29, 1.82) is 0 Å². The molecule has 4 heteroatoms. The molecule has 1 heterocycles. The Morgan fingerprint density at radius 2 is 2.16 bits per heavy atom. The van der Waals surface area contributed by atoms with Crippen molar-refractivity contribution in [3.8, 4) is 5.75 Å². The molecule has 0 saturated carbocycles. The lowest BCUT2D eigenvalue weighted by Crippen LogP contribution is -2.45. The van der Waals surface area contributed by atoms with Gasteiger partial charge < -0.3 is 14.4 Å². The number of ether oxygens (including phenoxy) is 2. The van der Waals surface area contributed by atoms with Gasteiger partial charge in [-0.05, 0) is 38.0 Å². The minimum atomic E-state index is -0.107. The van der Waals surface area contributed by atoms with Gasteiger partial charge in [-0.3, -0.25) is 4.79 Å². The van der Waals surface area contributed by atoms with Crippen LogP contribution < -0.4 is 4.74 Å². The zero-order chi connectivity index (χ0) is 13.7. The topological polar surface area (TPSA) is 38.8 Å². The lowest BCUT2D eigenvalue weighted by atomic mass is 10.1. The molecular weight excluding hydrogens is 242 g/mol. The molecule has 0 spiro atoms. The van der Waals surface area contributed by atoms with Crippen LogP contribution in [0.15, 0.2) is 24.3 Å². The van der Waals surface area contributed by atoms with Gasteiger partial charge >= 0.3 is 0 Å². The highest BCUT2D eigenvalue weighted by Gasteiger charge is 2.23. The maximum atomic E-state index is 12.2. The monoisotopic (exact) mass is 263 g/mol. The molecule has 1 aliphatic rings. The van der Waals surface area contributed by atoms with Gasteiger partial charge in [0, 0.05) is 6.54 Å². The van der Waals surface area contributed by atoms with E-state index in [9.17, 15) is 4.79 Å². The number of amides is 1. The Bertz CT molecular complexity index is 416. The van der Waals surface area contributed by atoms with E-state index >= 15 is 0 Å². The van der Waals surface area contributed by atoms with E-state index in [0.29, 0.717) is 13.0 Å². The maximum Gasteiger partial charge on any atom is 0.229 e. The number of hydrogen-bond acceptors (Lipinski definition) is 3. The molecule has 1 unspecified atom stereocenters. The van der Waals surface area contributed by atoms with Crippen molar-refractivity contribution in [3.05, 3.63) is 29.8 Å². The van der Waals surface area contributed by atoms with Gasteiger partial charge in [-0.1, -0.05) is 12.1 Å². The minimum Gasteiger partial charge on any atom is -0.494 e. The Balaban J connectivity index is 1.94. The summed E-state index contributed by atoms with van der Waals surface area (Å²) >= 11 is 0. The summed E-state index contributed by atoms with van der Waals surface area (Å²) in [6, 6.07) is 7.70. The molecule has 1 aromatic carbocycles. The fraction of sp³-hybridized carbons (Fsp3) is 0.533. The van der Waals surface area contributed by atoms with Crippen molar-refractivity contribution in [2.24, 2.45) is 0 Å².